The highest BCUT2D eigenvalue weighted by atomic mass is 16.5. The third-order valence-corrected chi connectivity index (χ3v) is 7.87. The number of allylic oxidation sites excluding steroid dienone is 6. The first-order chi connectivity index (χ1) is 20.0. The Kier molecular flexibility index (Phi) is 30.3. The standard InChI is InChI=1S/C38H72N2O/c1-7-10-13-16-19-22-25-28-31-37(32-29-26-23-20-17-14-11-8-2)38(41-36(4)39-34-35-40(5)6)33-30-27-24-21-18-15-12-9-3/h19-24,37-39H,4,7-18,25-35H2,1-3,5-6H3/b22-19-,23-20-,24-21-. The molecule has 3 heteroatoms. The molecule has 0 saturated carbocycles. The van der Waals surface area contributed by atoms with Crippen molar-refractivity contribution in [3.8, 4) is 0 Å². The number of hydrogen-bond donors (Lipinski definition) is 1. The van der Waals surface area contributed by atoms with E-state index < -0.39 is 0 Å². The summed E-state index contributed by atoms with van der Waals surface area (Å²) in [4.78, 5) is 2.19. The first-order valence-electron chi connectivity index (χ1n) is 17.7. The van der Waals surface area contributed by atoms with Crippen molar-refractivity contribution in [3.05, 3.63) is 48.9 Å². The molecule has 0 aromatic heterocycles. The Morgan fingerprint density at radius 3 is 1.39 bits per heavy atom. The molecule has 0 aromatic carbocycles. The zero-order chi connectivity index (χ0) is 30.2. The van der Waals surface area contributed by atoms with Gasteiger partial charge in [-0.25, -0.2) is 0 Å². The van der Waals surface area contributed by atoms with Crippen LogP contribution in [0.25, 0.3) is 0 Å². The minimum atomic E-state index is 0.241. The van der Waals surface area contributed by atoms with Crippen LogP contribution in [0.5, 0.6) is 0 Å². The third kappa shape index (κ3) is 28.4. The molecule has 0 aromatic rings. The predicted molar refractivity (Wildman–Crippen MR) is 185 cm³/mol. The maximum Gasteiger partial charge on any atom is 0.179 e. The fourth-order valence-electron chi connectivity index (χ4n) is 5.23. The van der Waals surface area contributed by atoms with E-state index in [2.05, 4.69) is 88.1 Å². The lowest BCUT2D eigenvalue weighted by Gasteiger charge is -2.29. The quantitative estimate of drug-likeness (QED) is 0.0508. The number of hydrogen-bond acceptors (Lipinski definition) is 3. The monoisotopic (exact) mass is 573 g/mol. The maximum atomic E-state index is 6.61. The maximum absolute atomic E-state index is 6.61. The number of nitrogens with zero attached hydrogens (tertiary/aromatic N) is 1. The van der Waals surface area contributed by atoms with Crippen molar-refractivity contribution in [2.75, 3.05) is 27.2 Å². The lowest BCUT2D eigenvalue weighted by atomic mass is 9.87. The van der Waals surface area contributed by atoms with Gasteiger partial charge in [0.2, 0.25) is 0 Å². The van der Waals surface area contributed by atoms with E-state index in [1.54, 1.807) is 0 Å². The molecule has 1 atom stereocenters. The van der Waals surface area contributed by atoms with Crippen LogP contribution in [0.4, 0.5) is 0 Å². The van der Waals surface area contributed by atoms with Gasteiger partial charge in [0, 0.05) is 13.1 Å². The lowest BCUT2D eigenvalue weighted by Crippen LogP contribution is -2.31. The largest absolute Gasteiger partial charge is 0.476 e. The molecule has 0 fully saturated rings. The average molecular weight is 573 g/mol. The average Bonchev–Trinajstić information content (AvgIpc) is 2.95. The van der Waals surface area contributed by atoms with Crippen molar-refractivity contribution in [1.82, 2.24) is 10.2 Å². The summed E-state index contributed by atoms with van der Waals surface area (Å²) in [5, 5.41) is 3.44. The van der Waals surface area contributed by atoms with Gasteiger partial charge < -0.3 is 15.0 Å². The number of unbranched alkanes of at least 4 members (excludes halogenated alkanes) is 12. The summed E-state index contributed by atoms with van der Waals surface area (Å²) < 4.78 is 6.61. The highest BCUT2D eigenvalue weighted by Crippen LogP contribution is 2.27. The number of rotatable bonds is 31. The van der Waals surface area contributed by atoms with Crippen molar-refractivity contribution < 1.29 is 4.74 Å². The van der Waals surface area contributed by atoms with Crippen LogP contribution in [-0.4, -0.2) is 38.2 Å². The molecule has 0 aliphatic rings. The van der Waals surface area contributed by atoms with Gasteiger partial charge in [-0.2, -0.15) is 0 Å². The summed E-state index contributed by atoms with van der Waals surface area (Å²) in [7, 11) is 4.22. The topological polar surface area (TPSA) is 24.5 Å². The Morgan fingerprint density at radius 2 is 1.00 bits per heavy atom. The van der Waals surface area contributed by atoms with Crippen LogP contribution in [-0.2, 0) is 4.74 Å². The van der Waals surface area contributed by atoms with Gasteiger partial charge in [-0.05, 0) is 123 Å². The van der Waals surface area contributed by atoms with E-state index in [0.29, 0.717) is 5.92 Å². The first-order valence-corrected chi connectivity index (χ1v) is 17.7. The molecule has 0 rings (SSSR count). The van der Waals surface area contributed by atoms with Crippen molar-refractivity contribution in [1.29, 1.82) is 0 Å². The highest BCUT2D eigenvalue weighted by molar-refractivity contribution is 4.88. The van der Waals surface area contributed by atoms with Crippen molar-refractivity contribution >= 4 is 0 Å². The fraction of sp³-hybridized carbons (Fsp3) is 0.789. The van der Waals surface area contributed by atoms with Crippen LogP contribution in [0.15, 0.2) is 48.9 Å². The van der Waals surface area contributed by atoms with Gasteiger partial charge in [0.25, 0.3) is 0 Å². The second-order valence-corrected chi connectivity index (χ2v) is 12.3. The summed E-state index contributed by atoms with van der Waals surface area (Å²) in [6, 6.07) is 0. The molecule has 0 spiro atoms. The van der Waals surface area contributed by atoms with Crippen LogP contribution >= 0.6 is 0 Å². The normalized spacial score (nSPS) is 13.0. The number of ether oxygens (including phenoxy) is 1. The third-order valence-electron chi connectivity index (χ3n) is 7.87. The fourth-order valence-corrected chi connectivity index (χ4v) is 5.23. The van der Waals surface area contributed by atoms with Gasteiger partial charge in [-0.3, -0.25) is 0 Å². The summed E-state index contributed by atoms with van der Waals surface area (Å²) in [6.45, 7) is 12.9. The minimum absolute atomic E-state index is 0.241. The van der Waals surface area contributed by atoms with E-state index in [-0.39, 0.29) is 6.10 Å². The smallest absolute Gasteiger partial charge is 0.179 e. The molecule has 0 aliphatic heterocycles. The Bertz CT molecular complexity index is 610. The summed E-state index contributed by atoms with van der Waals surface area (Å²) in [5.41, 5.74) is 0. The predicted octanol–water partition coefficient (Wildman–Crippen LogP) is 11.5. The van der Waals surface area contributed by atoms with Crippen LogP contribution in [0.3, 0.4) is 0 Å². The molecule has 0 aliphatic carbocycles. The minimum Gasteiger partial charge on any atom is -0.476 e. The Hall–Kier alpha value is -1.48. The second kappa shape index (κ2) is 31.5. The van der Waals surface area contributed by atoms with Gasteiger partial charge in [-0.1, -0.05) is 95.8 Å². The molecule has 1 N–H and O–H groups in total. The van der Waals surface area contributed by atoms with Crippen LogP contribution in [0.2, 0.25) is 0 Å². The Morgan fingerprint density at radius 1 is 0.610 bits per heavy atom. The zero-order valence-corrected chi connectivity index (χ0v) is 28.4. The van der Waals surface area contributed by atoms with E-state index in [0.717, 1.165) is 31.8 Å². The summed E-state index contributed by atoms with van der Waals surface area (Å²) in [5.74, 6) is 1.33. The van der Waals surface area contributed by atoms with Crippen LogP contribution in [0.1, 0.15) is 156 Å². The van der Waals surface area contributed by atoms with E-state index in [1.165, 1.54) is 122 Å². The zero-order valence-electron chi connectivity index (χ0n) is 28.4. The Balaban J connectivity index is 5.11. The van der Waals surface area contributed by atoms with Gasteiger partial charge >= 0.3 is 0 Å². The van der Waals surface area contributed by atoms with Crippen LogP contribution in [0, 0.1) is 5.92 Å². The summed E-state index contributed by atoms with van der Waals surface area (Å²) in [6.07, 6.45) is 41.1. The second-order valence-electron chi connectivity index (χ2n) is 12.3. The molecule has 0 radical (unpaired) electrons. The van der Waals surface area contributed by atoms with E-state index >= 15 is 0 Å². The lowest BCUT2D eigenvalue weighted by molar-refractivity contribution is 0.0370. The van der Waals surface area contributed by atoms with Crippen molar-refractivity contribution in [2.24, 2.45) is 5.92 Å². The van der Waals surface area contributed by atoms with Gasteiger partial charge in [0.1, 0.15) is 6.10 Å². The molecule has 0 bridgehead atoms. The Labute approximate surface area is 258 Å². The molecular weight excluding hydrogens is 500 g/mol. The van der Waals surface area contributed by atoms with Gasteiger partial charge in [0.05, 0.1) is 0 Å². The van der Waals surface area contributed by atoms with E-state index in [4.69, 9.17) is 4.74 Å². The summed E-state index contributed by atoms with van der Waals surface area (Å²) >= 11 is 0. The van der Waals surface area contributed by atoms with E-state index in [9.17, 15) is 0 Å². The van der Waals surface area contributed by atoms with Crippen molar-refractivity contribution in [3.63, 3.8) is 0 Å². The molecule has 0 saturated heterocycles. The first kappa shape index (κ1) is 39.5. The van der Waals surface area contributed by atoms with Crippen LogP contribution < -0.4 is 5.32 Å². The number of likely N-dealkylation sites (N-methyl/N-ethyl adjacent to an activating group) is 1. The van der Waals surface area contributed by atoms with Crippen molar-refractivity contribution in [2.45, 2.75) is 162 Å². The van der Waals surface area contributed by atoms with Gasteiger partial charge in [0.15, 0.2) is 5.88 Å². The van der Waals surface area contributed by atoms with E-state index in [1.807, 2.05) is 0 Å². The molecular formula is C38H72N2O. The molecule has 0 heterocycles. The highest BCUT2D eigenvalue weighted by Gasteiger charge is 2.23. The SMILES string of the molecule is C=C(NCCN(C)C)OC(CCC/C=C\CCCCC)C(CCC/C=C\CCCCC)CCC/C=C\CCCCC. The molecule has 0 amide bonds. The molecule has 240 valence electrons. The molecule has 1 unspecified atom stereocenters. The molecule has 41 heavy (non-hydrogen) atoms. The van der Waals surface area contributed by atoms with Gasteiger partial charge in [-0.15, -0.1) is 0 Å². The molecule has 3 nitrogen and oxygen atoms in total. The number of nitrogens with one attached hydrogen (secondary N) is 1.